The first-order chi connectivity index (χ1) is 12.0. The Morgan fingerprint density at radius 3 is 2.20 bits per heavy atom. The minimum atomic E-state index is 0.176. The fraction of sp³-hybridized carbons (Fsp3) is 0.619. The molecular weight excluding hydrogens is 312 g/mol. The SMILES string of the molecule is CC(C)c1ccc(CC(=O)N2CCCN(C(=O)C3CCC3)CC2)cc1. The summed E-state index contributed by atoms with van der Waals surface area (Å²) in [6.07, 6.45) is 4.62. The Balaban J connectivity index is 1.53. The van der Waals surface area contributed by atoms with Crippen molar-refractivity contribution in [3.8, 4) is 0 Å². The molecule has 0 atom stereocenters. The molecule has 2 aliphatic rings. The monoisotopic (exact) mass is 342 g/mol. The van der Waals surface area contributed by atoms with Gasteiger partial charge in [-0.25, -0.2) is 0 Å². The predicted octanol–water partition coefficient (Wildman–Crippen LogP) is 3.21. The van der Waals surface area contributed by atoms with Gasteiger partial charge in [0.05, 0.1) is 6.42 Å². The molecule has 136 valence electrons. The largest absolute Gasteiger partial charge is 0.341 e. The second kappa shape index (κ2) is 8.03. The summed E-state index contributed by atoms with van der Waals surface area (Å²) in [5.41, 5.74) is 2.37. The molecular formula is C21H30N2O2. The number of hydrogen-bond acceptors (Lipinski definition) is 2. The summed E-state index contributed by atoms with van der Waals surface area (Å²) in [5, 5.41) is 0. The lowest BCUT2D eigenvalue weighted by Gasteiger charge is -2.31. The van der Waals surface area contributed by atoms with Crippen LogP contribution in [0.1, 0.15) is 56.6 Å². The summed E-state index contributed by atoms with van der Waals surface area (Å²) >= 11 is 0. The van der Waals surface area contributed by atoms with Crippen molar-refractivity contribution in [2.24, 2.45) is 5.92 Å². The number of rotatable bonds is 4. The average Bonchev–Trinajstić information content (AvgIpc) is 2.79. The third-order valence-corrected chi connectivity index (χ3v) is 5.62. The number of nitrogens with zero attached hydrogens (tertiary/aromatic N) is 2. The van der Waals surface area contributed by atoms with E-state index in [9.17, 15) is 9.59 Å². The van der Waals surface area contributed by atoms with Crippen LogP contribution in [-0.2, 0) is 16.0 Å². The lowest BCUT2D eigenvalue weighted by atomic mass is 9.84. The summed E-state index contributed by atoms with van der Waals surface area (Å²) in [6, 6.07) is 8.37. The minimum absolute atomic E-state index is 0.176. The van der Waals surface area contributed by atoms with E-state index >= 15 is 0 Å². The highest BCUT2D eigenvalue weighted by molar-refractivity contribution is 5.80. The van der Waals surface area contributed by atoms with Crippen LogP contribution in [0.2, 0.25) is 0 Å². The smallest absolute Gasteiger partial charge is 0.227 e. The molecule has 1 saturated heterocycles. The summed E-state index contributed by atoms with van der Waals surface area (Å²) in [5.74, 6) is 1.25. The molecule has 0 aromatic heterocycles. The normalized spacial score (nSPS) is 18.8. The molecule has 1 heterocycles. The number of hydrogen-bond donors (Lipinski definition) is 0. The third kappa shape index (κ3) is 4.42. The molecule has 0 N–H and O–H groups in total. The van der Waals surface area contributed by atoms with E-state index in [1.807, 2.05) is 9.80 Å². The maximum atomic E-state index is 12.6. The zero-order valence-corrected chi connectivity index (χ0v) is 15.5. The Hall–Kier alpha value is -1.84. The molecule has 1 aromatic rings. The van der Waals surface area contributed by atoms with Crippen LogP contribution in [0, 0.1) is 5.92 Å². The van der Waals surface area contributed by atoms with Crippen molar-refractivity contribution < 1.29 is 9.59 Å². The van der Waals surface area contributed by atoms with Gasteiger partial charge in [0.2, 0.25) is 11.8 Å². The van der Waals surface area contributed by atoms with E-state index in [2.05, 4.69) is 38.1 Å². The van der Waals surface area contributed by atoms with Gasteiger partial charge in [0.25, 0.3) is 0 Å². The highest BCUT2D eigenvalue weighted by atomic mass is 16.2. The molecule has 1 aromatic carbocycles. The van der Waals surface area contributed by atoms with Crippen molar-refractivity contribution in [2.75, 3.05) is 26.2 Å². The quantitative estimate of drug-likeness (QED) is 0.843. The second-order valence-corrected chi connectivity index (χ2v) is 7.76. The minimum Gasteiger partial charge on any atom is -0.341 e. The average molecular weight is 342 g/mol. The van der Waals surface area contributed by atoms with Crippen molar-refractivity contribution in [3.05, 3.63) is 35.4 Å². The maximum absolute atomic E-state index is 12.6. The van der Waals surface area contributed by atoms with Crippen molar-refractivity contribution in [1.29, 1.82) is 0 Å². The summed E-state index contributed by atoms with van der Waals surface area (Å²) in [6.45, 7) is 7.26. The number of carbonyl (C=O) groups excluding carboxylic acids is 2. The van der Waals surface area contributed by atoms with E-state index in [1.165, 1.54) is 12.0 Å². The molecule has 25 heavy (non-hydrogen) atoms. The second-order valence-electron chi connectivity index (χ2n) is 7.76. The molecule has 3 rings (SSSR count). The van der Waals surface area contributed by atoms with E-state index in [0.29, 0.717) is 31.3 Å². The van der Waals surface area contributed by atoms with Crippen molar-refractivity contribution in [1.82, 2.24) is 9.80 Å². The summed E-state index contributed by atoms with van der Waals surface area (Å²) in [4.78, 5) is 29.0. The lowest BCUT2D eigenvalue weighted by Crippen LogP contribution is -2.41. The summed E-state index contributed by atoms with van der Waals surface area (Å²) in [7, 11) is 0. The highest BCUT2D eigenvalue weighted by Crippen LogP contribution is 2.28. The third-order valence-electron chi connectivity index (χ3n) is 5.62. The molecule has 0 bridgehead atoms. The number of amides is 2. The van der Waals surface area contributed by atoms with Crippen LogP contribution in [0.5, 0.6) is 0 Å². The van der Waals surface area contributed by atoms with Gasteiger partial charge in [-0.15, -0.1) is 0 Å². The van der Waals surface area contributed by atoms with Gasteiger partial charge < -0.3 is 9.80 Å². The first-order valence-corrected chi connectivity index (χ1v) is 9.70. The van der Waals surface area contributed by atoms with Crippen LogP contribution >= 0.6 is 0 Å². The molecule has 2 fully saturated rings. The van der Waals surface area contributed by atoms with Gasteiger partial charge in [-0.3, -0.25) is 9.59 Å². The molecule has 4 heteroatoms. The van der Waals surface area contributed by atoms with Crippen LogP contribution in [0.4, 0.5) is 0 Å². The van der Waals surface area contributed by atoms with Crippen molar-refractivity contribution in [2.45, 2.75) is 51.9 Å². The van der Waals surface area contributed by atoms with Gasteiger partial charge in [-0.05, 0) is 36.3 Å². The van der Waals surface area contributed by atoms with Crippen LogP contribution in [0.25, 0.3) is 0 Å². The van der Waals surface area contributed by atoms with Crippen LogP contribution < -0.4 is 0 Å². The molecule has 1 aliphatic carbocycles. The zero-order valence-electron chi connectivity index (χ0n) is 15.5. The lowest BCUT2D eigenvalue weighted by molar-refractivity contribution is -0.138. The Morgan fingerprint density at radius 1 is 0.960 bits per heavy atom. The highest BCUT2D eigenvalue weighted by Gasteiger charge is 2.30. The van der Waals surface area contributed by atoms with E-state index in [-0.39, 0.29) is 11.8 Å². The molecule has 4 nitrogen and oxygen atoms in total. The number of carbonyl (C=O) groups is 2. The Bertz CT molecular complexity index is 605. The molecule has 1 aliphatic heterocycles. The standard InChI is InChI=1S/C21H30N2O2/c1-16(2)18-9-7-17(8-10-18)15-20(24)22-11-4-12-23(14-13-22)21(25)19-5-3-6-19/h7-10,16,19H,3-6,11-15H2,1-2H3. The molecule has 0 spiro atoms. The Morgan fingerprint density at radius 2 is 1.60 bits per heavy atom. The fourth-order valence-corrected chi connectivity index (χ4v) is 3.61. The summed E-state index contributed by atoms with van der Waals surface area (Å²) < 4.78 is 0. The van der Waals surface area contributed by atoms with Gasteiger partial charge in [-0.2, -0.15) is 0 Å². The van der Waals surface area contributed by atoms with Gasteiger partial charge in [-0.1, -0.05) is 44.5 Å². The van der Waals surface area contributed by atoms with E-state index in [1.54, 1.807) is 0 Å². The van der Waals surface area contributed by atoms with Gasteiger partial charge >= 0.3 is 0 Å². The van der Waals surface area contributed by atoms with E-state index in [0.717, 1.165) is 37.9 Å². The zero-order chi connectivity index (χ0) is 17.8. The Kier molecular flexibility index (Phi) is 5.77. The first-order valence-electron chi connectivity index (χ1n) is 9.70. The molecule has 1 saturated carbocycles. The van der Waals surface area contributed by atoms with Crippen molar-refractivity contribution in [3.63, 3.8) is 0 Å². The molecule has 0 unspecified atom stereocenters. The van der Waals surface area contributed by atoms with Gasteiger partial charge in [0.1, 0.15) is 0 Å². The predicted molar refractivity (Wildman–Crippen MR) is 99.4 cm³/mol. The molecule has 0 radical (unpaired) electrons. The van der Waals surface area contributed by atoms with E-state index < -0.39 is 0 Å². The first kappa shape index (κ1) is 18.0. The van der Waals surface area contributed by atoms with Crippen molar-refractivity contribution >= 4 is 11.8 Å². The number of benzene rings is 1. The van der Waals surface area contributed by atoms with Gasteiger partial charge in [0.15, 0.2) is 0 Å². The molecule has 2 amide bonds. The topological polar surface area (TPSA) is 40.6 Å². The van der Waals surface area contributed by atoms with Crippen LogP contribution in [0.3, 0.4) is 0 Å². The van der Waals surface area contributed by atoms with Gasteiger partial charge in [0, 0.05) is 32.1 Å². The van der Waals surface area contributed by atoms with E-state index in [4.69, 9.17) is 0 Å². The maximum Gasteiger partial charge on any atom is 0.227 e. The Labute approximate surface area is 151 Å². The van der Waals surface area contributed by atoms with Crippen LogP contribution in [-0.4, -0.2) is 47.8 Å². The fourth-order valence-electron chi connectivity index (χ4n) is 3.61. The van der Waals surface area contributed by atoms with Crippen LogP contribution in [0.15, 0.2) is 24.3 Å².